The van der Waals surface area contributed by atoms with Crippen LogP contribution in [0.15, 0.2) is 12.3 Å². The zero-order chi connectivity index (χ0) is 26.0. The van der Waals surface area contributed by atoms with Gasteiger partial charge in [0.1, 0.15) is 17.8 Å². The first kappa shape index (κ1) is 26.9. The van der Waals surface area contributed by atoms with Crippen LogP contribution in [0.1, 0.15) is 72.6 Å². The fourth-order valence-corrected chi connectivity index (χ4v) is 4.97. The number of alkyl halides is 1. The monoisotopic (exact) mass is 495 g/mol. The van der Waals surface area contributed by atoms with Gasteiger partial charge < -0.3 is 25.8 Å². The molecule has 2 aliphatic rings. The average molecular weight is 496 g/mol. The molecular weight excluding hydrogens is 457 g/mol. The van der Waals surface area contributed by atoms with Crippen LogP contribution in [-0.4, -0.2) is 62.3 Å². The second kappa shape index (κ2) is 10.1. The van der Waals surface area contributed by atoms with Crippen molar-refractivity contribution in [2.24, 2.45) is 12.5 Å². The number of rotatable bonds is 8. The Morgan fingerprint density at radius 3 is 2.40 bits per heavy atom. The van der Waals surface area contributed by atoms with E-state index in [0.29, 0.717) is 6.42 Å². The molecular formula is C24H38FN5O5. The van der Waals surface area contributed by atoms with Crippen molar-refractivity contribution >= 4 is 23.7 Å². The van der Waals surface area contributed by atoms with Crippen LogP contribution in [0.25, 0.3) is 0 Å². The molecule has 196 valence electrons. The van der Waals surface area contributed by atoms with Crippen molar-refractivity contribution in [1.29, 1.82) is 0 Å². The van der Waals surface area contributed by atoms with E-state index < -0.39 is 47.4 Å². The van der Waals surface area contributed by atoms with E-state index in [1.807, 2.05) is 0 Å². The van der Waals surface area contributed by atoms with E-state index >= 15 is 0 Å². The molecule has 11 heteroatoms. The standard InChI is InChI=1S/C24H38FN5O5/c1-22(2,3)35-21(34)26-16(14-23(4)9-6-7-10-23)19(32)28-24(12-15(25)13-24)18(31)20(33)27-17-8-11-30(5)29-17/h8,11,15-16,18,31H,6-7,9-10,12-14H2,1-5H3,(H,26,34)(H,28,32)(H,27,29,33)/t15-,16-,18?,24-/m0/s1. The third kappa shape index (κ3) is 6.93. The van der Waals surface area contributed by atoms with Crippen molar-refractivity contribution < 1.29 is 28.6 Å². The lowest BCUT2D eigenvalue weighted by Crippen LogP contribution is -2.69. The number of hydrogen-bond donors (Lipinski definition) is 4. The minimum absolute atomic E-state index is 0.151. The van der Waals surface area contributed by atoms with Gasteiger partial charge in [-0.15, -0.1) is 0 Å². The van der Waals surface area contributed by atoms with Gasteiger partial charge in [0.25, 0.3) is 5.91 Å². The van der Waals surface area contributed by atoms with Crippen LogP contribution in [-0.2, 0) is 21.4 Å². The fraction of sp³-hybridized carbons (Fsp3) is 0.750. The molecule has 0 aliphatic heterocycles. The molecule has 0 aromatic carbocycles. The minimum Gasteiger partial charge on any atom is -0.444 e. The van der Waals surface area contributed by atoms with Gasteiger partial charge in [0.05, 0.1) is 5.54 Å². The summed E-state index contributed by atoms with van der Waals surface area (Å²) in [4.78, 5) is 38.6. The summed E-state index contributed by atoms with van der Waals surface area (Å²) in [5, 5.41) is 22.7. The van der Waals surface area contributed by atoms with Gasteiger partial charge in [0, 0.05) is 32.2 Å². The maximum absolute atomic E-state index is 14.0. The first-order valence-corrected chi connectivity index (χ1v) is 12.1. The number of aliphatic hydroxyl groups excluding tert-OH is 1. The molecule has 0 bridgehead atoms. The van der Waals surface area contributed by atoms with Crippen LogP contribution in [0, 0.1) is 5.41 Å². The summed E-state index contributed by atoms with van der Waals surface area (Å²) in [6.45, 7) is 7.24. The van der Waals surface area contributed by atoms with E-state index in [-0.39, 0.29) is 24.1 Å². The first-order valence-electron chi connectivity index (χ1n) is 12.1. The van der Waals surface area contributed by atoms with Gasteiger partial charge in [-0.1, -0.05) is 19.8 Å². The van der Waals surface area contributed by atoms with Crippen molar-refractivity contribution in [2.75, 3.05) is 5.32 Å². The first-order chi connectivity index (χ1) is 16.2. The summed E-state index contributed by atoms with van der Waals surface area (Å²) in [7, 11) is 1.68. The van der Waals surface area contributed by atoms with Crippen LogP contribution in [0.4, 0.5) is 15.0 Å². The number of nitrogens with one attached hydrogen (secondary N) is 3. The van der Waals surface area contributed by atoms with E-state index in [4.69, 9.17) is 4.74 Å². The molecule has 2 saturated carbocycles. The predicted octanol–water partition coefficient (Wildman–Crippen LogP) is 2.57. The van der Waals surface area contributed by atoms with Crippen LogP contribution < -0.4 is 16.0 Å². The number of alkyl carbamates (subject to hydrolysis) is 1. The summed E-state index contributed by atoms with van der Waals surface area (Å²) in [6, 6.07) is 0.590. The number of aliphatic hydroxyl groups is 1. The van der Waals surface area contributed by atoms with E-state index in [1.165, 1.54) is 4.68 Å². The number of amides is 3. The second-order valence-corrected chi connectivity index (χ2v) is 11.3. The number of halogens is 1. The molecule has 2 atom stereocenters. The summed E-state index contributed by atoms with van der Waals surface area (Å²) in [5.74, 6) is -1.15. The lowest BCUT2D eigenvalue weighted by molar-refractivity contribution is -0.140. The Morgan fingerprint density at radius 1 is 1.26 bits per heavy atom. The SMILES string of the molecule is Cn1ccc(NC(=O)C(O)[C@]2(NC(=O)[C@H](CC3(C)CCCC3)NC(=O)OC(C)(C)C)C[C@H](F)C2)n1. The lowest BCUT2D eigenvalue weighted by atomic mass is 9.70. The number of aryl methyl sites for hydroxylation is 1. The minimum atomic E-state index is -1.70. The zero-order valence-electron chi connectivity index (χ0n) is 21.2. The maximum Gasteiger partial charge on any atom is 0.408 e. The van der Waals surface area contributed by atoms with Gasteiger partial charge >= 0.3 is 6.09 Å². The predicted molar refractivity (Wildman–Crippen MR) is 127 cm³/mol. The largest absolute Gasteiger partial charge is 0.444 e. The maximum atomic E-state index is 14.0. The highest BCUT2D eigenvalue weighted by molar-refractivity contribution is 5.95. The van der Waals surface area contributed by atoms with Gasteiger partial charge in [-0.2, -0.15) is 5.10 Å². The molecule has 0 radical (unpaired) electrons. The topological polar surface area (TPSA) is 135 Å². The Morgan fingerprint density at radius 2 is 1.89 bits per heavy atom. The normalized spacial score (nSPS) is 25.2. The van der Waals surface area contributed by atoms with Crippen molar-refractivity contribution in [3.05, 3.63) is 12.3 Å². The Labute approximate surface area is 205 Å². The third-order valence-electron chi connectivity index (χ3n) is 6.80. The van der Waals surface area contributed by atoms with Crippen molar-refractivity contribution in [1.82, 2.24) is 20.4 Å². The number of anilines is 1. The average Bonchev–Trinajstić information content (AvgIpc) is 3.31. The molecule has 0 spiro atoms. The highest BCUT2D eigenvalue weighted by atomic mass is 19.1. The quantitative estimate of drug-likeness (QED) is 0.438. The Balaban J connectivity index is 1.75. The van der Waals surface area contributed by atoms with Crippen molar-refractivity contribution in [2.45, 2.75) is 102 Å². The van der Waals surface area contributed by atoms with E-state index in [9.17, 15) is 23.9 Å². The molecule has 3 amide bonds. The fourth-order valence-electron chi connectivity index (χ4n) is 4.97. The van der Waals surface area contributed by atoms with E-state index in [1.54, 1.807) is 40.1 Å². The molecule has 1 heterocycles. The Bertz CT molecular complexity index is 931. The molecule has 1 aromatic rings. The second-order valence-electron chi connectivity index (χ2n) is 11.3. The van der Waals surface area contributed by atoms with Crippen molar-refractivity contribution in [3.8, 4) is 0 Å². The van der Waals surface area contributed by atoms with Crippen LogP contribution in [0.5, 0.6) is 0 Å². The summed E-state index contributed by atoms with van der Waals surface area (Å²) in [5.41, 5.74) is -2.39. The van der Waals surface area contributed by atoms with Crippen molar-refractivity contribution in [3.63, 3.8) is 0 Å². The summed E-state index contributed by atoms with van der Waals surface area (Å²) < 4.78 is 20.8. The number of ether oxygens (including phenoxy) is 1. The van der Waals surface area contributed by atoms with E-state index in [2.05, 4.69) is 28.0 Å². The molecule has 2 aliphatic carbocycles. The number of nitrogens with zero attached hydrogens (tertiary/aromatic N) is 2. The molecule has 4 N–H and O–H groups in total. The van der Waals surface area contributed by atoms with Gasteiger partial charge in [-0.3, -0.25) is 14.3 Å². The summed E-state index contributed by atoms with van der Waals surface area (Å²) >= 11 is 0. The smallest absolute Gasteiger partial charge is 0.408 e. The lowest BCUT2D eigenvalue weighted by Gasteiger charge is -2.47. The number of aromatic nitrogens is 2. The van der Waals surface area contributed by atoms with Gasteiger partial charge in [0.2, 0.25) is 5.91 Å². The van der Waals surface area contributed by atoms with Crippen LogP contribution >= 0.6 is 0 Å². The Kier molecular flexibility index (Phi) is 7.78. The third-order valence-corrected chi connectivity index (χ3v) is 6.80. The molecule has 1 aromatic heterocycles. The molecule has 0 saturated heterocycles. The van der Waals surface area contributed by atoms with Crippen LogP contribution in [0.2, 0.25) is 0 Å². The number of hydrogen-bond acceptors (Lipinski definition) is 6. The molecule has 10 nitrogen and oxygen atoms in total. The van der Waals surface area contributed by atoms with Gasteiger partial charge in [-0.25, -0.2) is 9.18 Å². The number of carbonyl (C=O) groups is 3. The molecule has 1 unspecified atom stereocenters. The highest BCUT2D eigenvalue weighted by Gasteiger charge is 2.54. The molecule has 3 rings (SSSR count). The molecule has 2 fully saturated rings. The molecule has 35 heavy (non-hydrogen) atoms. The van der Waals surface area contributed by atoms with Gasteiger partial charge in [0.15, 0.2) is 11.9 Å². The van der Waals surface area contributed by atoms with Crippen LogP contribution in [0.3, 0.4) is 0 Å². The van der Waals surface area contributed by atoms with Gasteiger partial charge in [-0.05, 0) is 45.4 Å². The van der Waals surface area contributed by atoms with E-state index in [0.717, 1.165) is 25.7 Å². The number of carbonyl (C=O) groups excluding carboxylic acids is 3. The highest BCUT2D eigenvalue weighted by Crippen LogP contribution is 2.42. The summed E-state index contributed by atoms with van der Waals surface area (Å²) in [6.07, 6.45) is 1.76. The Hall–Kier alpha value is -2.69. The zero-order valence-corrected chi connectivity index (χ0v) is 21.2.